The molecule has 6 heteroatoms. The van der Waals surface area contributed by atoms with E-state index in [9.17, 15) is 4.79 Å². The van der Waals surface area contributed by atoms with Gasteiger partial charge in [0.25, 0.3) is 0 Å². The summed E-state index contributed by atoms with van der Waals surface area (Å²) >= 11 is 1.73. The van der Waals surface area contributed by atoms with Gasteiger partial charge in [0.2, 0.25) is 0 Å². The number of nitrogens with zero attached hydrogens (tertiary/aromatic N) is 3. The molecule has 0 saturated heterocycles. The van der Waals surface area contributed by atoms with Crippen molar-refractivity contribution in [3.63, 3.8) is 0 Å². The minimum atomic E-state index is -0.942. The Morgan fingerprint density at radius 1 is 1.35 bits per heavy atom. The highest BCUT2D eigenvalue weighted by molar-refractivity contribution is 7.12. The zero-order valence-corrected chi connectivity index (χ0v) is 11.9. The number of aromatic carboxylic acids is 1. The highest BCUT2D eigenvalue weighted by Gasteiger charge is 2.10. The molecular weight excluding hydrogens is 274 g/mol. The van der Waals surface area contributed by atoms with Crippen LogP contribution in [0.2, 0.25) is 0 Å². The minimum absolute atomic E-state index is 0.250. The molecule has 5 nitrogen and oxygen atoms in total. The summed E-state index contributed by atoms with van der Waals surface area (Å²) in [7, 11) is 0. The minimum Gasteiger partial charge on any atom is -0.478 e. The number of hydrogen-bond donors (Lipinski definition) is 1. The van der Waals surface area contributed by atoms with E-state index in [0.29, 0.717) is 12.1 Å². The van der Waals surface area contributed by atoms with E-state index in [1.54, 1.807) is 34.2 Å². The number of aryl methyl sites for hydroxylation is 2. The molecule has 0 atom stereocenters. The lowest BCUT2D eigenvalue weighted by Crippen LogP contribution is -2.01. The lowest BCUT2D eigenvalue weighted by atomic mass is 10.2. The Bertz CT molecular complexity index is 784. The van der Waals surface area contributed by atoms with Crippen molar-refractivity contribution < 1.29 is 9.90 Å². The van der Waals surface area contributed by atoms with E-state index in [2.05, 4.69) is 30.2 Å². The summed E-state index contributed by atoms with van der Waals surface area (Å²) < 4.78 is 1.74. The summed E-state index contributed by atoms with van der Waals surface area (Å²) in [5, 5.41) is 17.2. The molecule has 1 aromatic carbocycles. The summed E-state index contributed by atoms with van der Waals surface area (Å²) in [6.07, 6.45) is 0. The maximum absolute atomic E-state index is 11.0. The third-order valence-electron chi connectivity index (χ3n) is 3.28. The number of carbonyl (C=O) groups is 1. The second-order valence-corrected chi connectivity index (χ2v) is 6.05. The van der Waals surface area contributed by atoms with E-state index in [0.717, 1.165) is 5.52 Å². The Morgan fingerprint density at radius 3 is 2.80 bits per heavy atom. The molecule has 102 valence electrons. The van der Waals surface area contributed by atoms with E-state index in [-0.39, 0.29) is 5.56 Å². The van der Waals surface area contributed by atoms with Crippen molar-refractivity contribution >= 4 is 28.3 Å². The molecule has 0 amide bonds. The van der Waals surface area contributed by atoms with Crippen molar-refractivity contribution in [1.82, 2.24) is 15.0 Å². The first-order valence-corrected chi connectivity index (χ1v) is 6.98. The van der Waals surface area contributed by atoms with Crippen LogP contribution in [0.1, 0.15) is 25.7 Å². The largest absolute Gasteiger partial charge is 0.478 e. The van der Waals surface area contributed by atoms with Crippen LogP contribution in [0.5, 0.6) is 0 Å². The van der Waals surface area contributed by atoms with Crippen LogP contribution in [0.15, 0.2) is 24.3 Å². The van der Waals surface area contributed by atoms with Crippen LogP contribution in [0.4, 0.5) is 0 Å². The number of fused-ring (bicyclic) bond motifs is 1. The van der Waals surface area contributed by atoms with Gasteiger partial charge in [-0.2, -0.15) is 0 Å². The number of thiophene rings is 1. The van der Waals surface area contributed by atoms with Crippen LogP contribution in [0, 0.1) is 13.8 Å². The van der Waals surface area contributed by atoms with Gasteiger partial charge in [0, 0.05) is 9.75 Å². The van der Waals surface area contributed by atoms with Crippen molar-refractivity contribution in [2.75, 3.05) is 0 Å². The Hall–Kier alpha value is -2.21. The topological polar surface area (TPSA) is 68.0 Å². The molecule has 0 unspecified atom stereocenters. The summed E-state index contributed by atoms with van der Waals surface area (Å²) in [5.74, 6) is -0.942. The second-order valence-electron chi connectivity index (χ2n) is 4.71. The van der Waals surface area contributed by atoms with Gasteiger partial charge >= 0.3 is 5.97 Å². The van der Waals surface area contributed by atoms with Gasteiger partial charge in [0.1, 0.15) is 5.52 Å². The van der Waals surface area contributed by atoms with Gasteiger partial charge in [-0.25, -0.2) is 9.48 Å². The highest BCUT2D eigenvalue weighted by atomic mass is 32.1. The fraction of sp³-hybridized carbons (Fsp3) is 0.214. The molecule has 0 aliphatic heterocycles. The van der Waals surface area contributed by atoms with Gasteiger partial charge in [-0.15, -0.1) is 16.4 Å². The fourth-order valence-electron chi connectivity index (χ4n) is 2.09. The number of benzene rings is 1. The predicted molar refractivity (Wildman–Crippen MR) is 77.4 cm³/mol. The van der Waals surface area contributed by atoms with Gasteiger partial charge in [-0.05, 0) is 43.7 Å². The molecule has 1 N–H and O–H groups in total. The Morgan fingerprint density at radius 2 is 2.15 bits per heavy atom. The van der Waals surface area contributed by atoms with E-state index in [1.807, 2.05) is 0 Å². The van der Waals surface area contributed by atoms with Crippen molar-refractivity contribution in [3.8, 4) is 0 Å². The summed E-state index contributed by atoms with van der Waals surface area (Å²) in [6, 6.07) is 6.98. The fourth-order valence-corrected chi connectivity index (χ4v) is 3.13. The molecule has 0 saturated carbocycles. The van der Waals surface area contributed by atoms with E-state index < -0.39 is 5.97 Å². The van der Waals surface area contributed by atoms with Crippen LogP contribution in [0.25, 0.3) is 11.0 Å². The van der Waals surface area contributed by atoms with Gasteiger partial charge < -0.3 is 5.11 Å². The molecule has 0 aliphatic carbocycles. The third kappa shape index (κ3) is 2.18. The van der Waals surface area contributed by atoms with Gasteiger partial charge in [-0.1, -0.05) is 5.21 Å². The molecular formula is C14H13N3O2S. The number of aromatic nitrogens is 3. The SMILES string of the molecule is Cc1cc(Cn2nnc3ccc(C(=O)O)cc32)sc1C. The van der Waals surface area contributed by atoms with Crippen LogP contribution in [-0.2, 0) is 6.54 Å². The molecule has 3 rings (SSSR count). The Balaban J connectivity index is 2.02. The molecule has 0 bridgehead atoms. The van der Waals surface area contributed by atoms with Crippen LogP contribution < -0.4 is 0 Å². The zero-order chi connectivity index (χ0) is 14.3. The summed E-state index contributed by atoms with van der Waals surface area (Å²) in [5.41, 5.74) is 2.97. The van der Waals surface area contributed by atoms with Gasteiger partial charge in [0.05, 0.1) is 17.6 Å². The van der Waals surface area contributed by atoms with Crippen molar-refractivity contribution in [2.24, 2.45) is 0 Å². The normalized spacial score (nSPS) is 11.1. The average Bonchev–Trinajstić information content (AvgIpc) is 2.94. The maximum atomic E-state index is 11.0. The molecule has 3 aromatic rings. The highest BCUT2D eigenvalue weighted by Crippen LogP contribution is 2.23. The molecule has 2 heterocycles. The van der Waals surface area contributed by atoms with Crippen molar-refractivity contribution in [3.05, 3.63) is 45.1 Å². The van der Waals surface area contributed by atoms with Crippen LogP contribution in [0.3, 0.4) is 0 Å². The average molecular weight is 287 g/mol. The lowest BCUT2D eigenvalue weighted by Gasteiger charge is -2.00. The molecule has 0 fully saturated rings. The Labute approximate surface area is 119 Å². The molecule has 20 heavy (non-hydrogen) atoms. The second kappa shape index (κ2) is 4.72. The third-order valence-corrected chi connectivity index (χ3v) is 4.42. The van der Waals surface area contributed by atoms with Crippen LogP contribution in [-0.4, -0.2) is 26.1 Å². The molecule has 0 radical (unpaired) electrons. The smallest absolute Gasteiger partial charge is 0.335 e. The summed E-state index contributed by atoms with van der Waals surface area (Å²) in [6.45, 7) is 4.78. The molecule has 0 spiro atoms. The first-order valence-electron chi connectivity index (χ1n) is 6.17. The lowest BCUT2D eigenvalue weighted by molar-refractivity contribution is 0.0697. The first kappa shape index (κ1) is 12.8. The van der Waals surface area contributed by atoms with Crippen LogP contribution >= 0.6 is 11.3 Å². The Kier molecular flexibility index (Phi) is 3.02. The van der Waals surface area contributed by atoms with Gasteiger partial charge in [0.15, 0.2) is 0 Å². The van der Waals surface area contributed by atoms with Gasteiger partial charge in [-0.3, -0.25) is 0 Å². The standard InChI is InChI=1S/C14H13N3O2S/c1-8-5-11(20-9(8)2)7-17-13-6-10(14(18)19)3-4-12(13)15-16-17/h3-6H,7H2,1-2H3,(H,18,19). The van der Waals surface area contributed by atoms with E-state index in [4.69, 9.17) is 5.11 Å². The predicted octanol–water partition coefficient (Wildman–Crippen LogP) is 2.86. The first-order chi connectivity index (χ1) is 9.54. The monoisotopic (exact) mass is 287 g/mol. The van der Waals surface area contributed by atoms with E-state index in [1.165, 1.54) is 15.3 Å². The molecule has 2 aromatic heterocycles. The van der Waals surface area contributed by atoms with Crippen molar-refractivity contribution in [2.45, 2.75) is 20.4 Å². The number of hydrogen-bond acceptors (Lipinski definition) is 4. The number of carboxylic acid groups (broad SMARTS) is 1. The maximum Gasteiger partial charge on any atom is 0.335 e. The summed E-state index contributed by atoms with van der Waals surface area (Å²) in [4.78, 5) is 13.5. The number of rotatable bonds is 3. The van der Waals surface area contributed by atoms with E-state index >= 15 is 0 Å². The van der Waals surface area contributed by atoms with Crippen molar-refractivity contribution in [1.29, 1.82) is 0 Å². The zero-order valence-electron chi connectivity index (χ0n) is 11.1. The quantitative estimate of drug-likeness (QED) is 0.804. The molecule has 0 aliphatic rings. The number of carboxylic acids is 1.